The Bertz CT molecular complexity index is 1170. The standard InChI is InChI=1S/C29H34N2O/c1-7-30-27-15-22-14-23-16-28(31-8-2)19(5)13-26(23)29(25(22)12-18(27)4)24-10-9-21(20(6)32)11-17(24)3/h9-13,15-16,25,29,31H,7-8,14H2,1-6H3. The van der Waals surface area contributed by atoms with Crippen molar-refractivity contribution in [3.63, 3.8) is 0 Å². The number of carbonyl (C=O) groups excluding carboxylic acids is 1. The highest BCUT2D eigenvalue weighted by atomic mass is 16.1. The van der Waals surface area contributed by atoms with Gasteiger partial charge in [-0.3, -0.25) is 9.79 Å². The summed E-state index contributed by atoms with van der Waals surface area (Å²) in [5.74, 6) is 0.660. The maximum atomic E-state index is 12.0. The molecular formula is C29H34N2O. The first-order valence-corrected chi connectivity index (χ1v) is 11.8. The number of nitrogens with zero attached hydrogens (tertiary/aromatic N) is 1. The maximum Gasteiger partial charge on any atom is 0.159 e. The van der Waals surface area contributed by atoms with Crippen LogP contribution in [0.2, 0.25) is 0 Å². The zero-order valence-electron chi connectivity index (χ0n) is 20.2. The van der Waals surface area contributed by atoms with E-state index in [0.29, 0.717) is 5.92 Å². The molecule has 3 nitrogen and oxygen atoms in total. The van der Waals surface area contributed by atoms with Crippen molar-refractivity contribution < 1.29 is 4.79 Å². The van der Waals surface area contributed by atoms with E-state index >= 15 is 0 Å². The smallest absolute Gasteiger partial charge is 0.159 e. The molecular weight excluding hydrogens is 392 g/mol. The Hall–Kier alpha value is -2.94. The van der Waals surface area contributed by atoms with Gasteiger partial charge in [-0.1, -0.05) is 29.8 Å². The van der Waals surface area contributed by atoms with Gasteiger partial charge in [0.2, 0.25) is 0 Å². The fraction of sp³-hybridized carbons (Fsp3) is 0.379. The second kappa shape index (κ2) is 8.90. The second-order valence-electron chi connectivity index (χ2n) is 9.13. The molecule has 0 saturated heterocycles. The number of aryl methyl sites for hydroxylation is 2. The summed E-state index contributed by atoms with van der Waals surface area (Å²) in [6.07, 6.45) is 5.70. The molecule has 2 aliphatic carbocycles. The summed E-state index contributed by atoms with van der Waals surface area (Å²) in [5, 5.41) is 3.53. The van der Waals surface area contributed by atoms with Gasteiger partial charge in [0.15, 0.2) is 5.78 Å². The molecule has 0 radical (unpaired) electrons. The number of benzene rings is 2. The lowest BCUT2D eigenvalue weighted by molar-refractivity contribution is 0.101. The van der Waals surface area contributed by atoms with Crippen LogP contribution in [0.15, 0.2) is 58.6 Å². The number of rotatable bonds is 5. The van der Waals surface area contributed by atoms with Gasteiger partial charge < -0.3 is 5.32 Å². The molecule has 2 aliphatic rings. The van der Waals surface area contributed by atoms with E-state index in [1.165, 1.54) is 44.7 Å². The summed E-state index contributed by atoms with van der Waals surface area (Å²) < 4.78 is 0. The summed E-state index contributed by atoms with van der Waals surface area (Å²) >= 11 is 0. The minimum Gasteiger partial charge on any atom is -0.385 e. The quantitative estimate of drug-likeness (QED) is 0.548. The van der Waals surface area contributed by atoms with E-state index in [-0.39, 0.29) is 11.7 Å². The summed E-state index contributed by atoms with van der Waals surface area (Å²) in [4.78, 5) is 16.7. The lowest BCUT2D eigenvalue weighted by atomic mass is 9.66. The molecule has 0 amide bonds. The van der Waals surface area contributed by atoms with E-state index < -0.39 is 0 Å². The van der Waals surface area contributed by atoms with Gasteiger partial charge in [-0.2, -0.15) is 0 Å². The Kier molecular flexibility index (Phi) is 6.19. The van der Waals surface area contributed by atoms with Gasteiger partial charge in [-0.05, 0) is 99.6 Å². The monoisotopic (exact) mass is 426 g/mol. The third-order valence-electron chi connectivity index (χ3n) is 6.87. The third kappa shape index (κ3) is 3.97. The molecule has 0 fully saturated rings. The highest BCUT2D eigenvalue weighted by molar-refractivity contribution is 6.09. The average molecular weight is 427 g/mol. The number of hydrogen-bond donors (Lipinski definition) is 1. The average Bonchev–Trinajstić information content (AvgIpc) is 2.74. The Labute approximate surface area is 192 Å². The van der Waals surface area contributed by atoms with Crippen LogP contribution in [0.4, 0.5) is 5.69 Å². The number of anilines is 1. The van der Waals surface area contributed by atoms with Crippen molar-refractivity contribution in [2.24, 2.45) is 10.9 Å². The number of ketones is 1. The minimum atomic E-state index is 0.115. The normalized spacial score (nSPS) is 20.9. The Balaban J connectivity index is 1.93. The molecule has 2 aromatic carbocycles. The molecule has 0 saturated carbocycles. The van der Waals surface area contributed by atoms with Crippen LogP contribution in [0.3, 0.4) is 0 Å². The topological polar surface area (TPSA) is 41.5 Å². The molecule has 0 aliphatic heterocycles. The minimum absolute atomic E-state index is 0.115. The molecule has 4 rings (SSSR count). The number of fused-ring (bicyclic) bond motifs is 2. The van der Waals surface area contributed by atoms with E-state index in [9.17, 15) is 4.79 Å². The summed E-state index contributed by atoms with van der Waals surface area (Å²) in [7, 11) is 0. The lowest BCUT2D eigenvalue weighted by Gasteiger charge is -2.38. The van der Waals surface area contributed by atoms with Gasteiger partial charge >= 0.3 is 0 Å². The van der Waals surface area contributed by atoms with E-state index in [1.54, 1.807) is 6.92 Å². The zero-order chi connectivity index (χ0) is 23.0. The highest BCUT2D eigenvalue weighted by Crippen LogP contribution is 2.48. The molecule has 2 unspecified atom stereocenters. The maximum absolute atomic E-state index is 12.0. The Morgan fingerprint density at radius 3 is 2.50 bits per heavy atom. The van der Waals surface area contributed by atoms with Crippen molar-refractivity contribution >= 4 is 17.2 Å². The van der Waals surface area contributed by atoms with E-state index in [2.05, 4.69) is 76.4 Å². The van der Waals surface area contributed by atoms with Gasteiger partial charge in [0.1, 0.15) is 0 Å². The highest BCUT2D eigenvalue weighted by Gasteiger charge is 2.36. The van der Waals surface area contributed by atoms with E-state index in [0.717, 1.165) is 30.8 Å². The third-order valence-corrected chi connectivity index (χ3v) is 6.87. The predicted molar refractivity (Wildman–Crippen MR) is 135 cm³/mol. The molecule has 2 atom stereocenters. The van der Waals surface area contributed by atoms with Crippen LogP contribution in [-0.4, -0.2) is 24.6 Å². The van der Waals surface area contributed by atoms with Crippen LogP contribution in [0.5, 0.6) is 0 Å². The molecule has 1 N–H and O–H groups in total. The molecule has 2 aromatic rings. The number of carbonyl (C=O) groups is 1. The van der Waals surface area contributed by atoms with E-state index in [4.69, 9.17) is 4.99 Å². The number of allylic oxidation sites excluding steroid dienone is 4. The molecule has 32 heavy (non-hydrogen) atoms. The molecule has 0 bridgehead atoms. The number of hydrogen-bond acceptors (Lipinski definition) is 3. The van der Waals surface area contributed by atoms with Crippen LogP contribution in [0.25, 0.3) is 0 Å². The van der Waals surface area contributed by atoms with Crippen molar-refractivity contribution in [3.8, 4) is 0 Å². The summed E-state index contributed by atoms with van der Waals surface area (Å²) in [6, 6.07) is 10.9. The fourth-order valence-electron chi connectivity index (χ4n) is 5.28. The number of Topliss-reactive ketones (excluding diaryl/α,β-unsaturated/α-hetero) is 1. The van der Waals surface area contributed by atoms with Crippen molar-refractivity contribution in [2.45, 2.75) is 53.9 Å². The van der Waals surface area contributed by atoms with Crippen molar-refractivity contribution in [3.05, 3.63) is 87.0 Å². The summed E-state index contributed by atoms with van der Waals surface area (Å²) in [6.45, 7) is 14.1. The fourth-order valence-corrected chi connectivity index (χ4v) is 5.28. The molecule has 166 valence electrons. The first-order chi connectivity index (χ1) is 15.3. The van der Waals surface area contributed by atoms with Gasteiger partial charge in [0.25, 0.3) is 0 Å². The summed E-state index contributed by atoms with van der Waals surface area (Å²) in [5.41, 5.74) is 12.4. The van der Waals surface area contributed by atoms with Gasteiger partial charge in [0, 0.05) is 36.2 Å². The second-order valence-corrected chi connectivity index (χ2v) is 9.13. The largest absolute Gasteiger partial charge is 0.385 e. The van der Waals surface area contributed by atoms with E-state index in [1.807, 2.05) is 6.07 Å². The van der Waals surface area contributed by atoms with Crippen molar-refractivity contribution in [1.82, 2.24) is 0 Å². The first kappa shape index (κ1) is 22.3. The Morgan fingerprint density at radius 2 is 1.84 bits per heavy atom. The van der Waals surface area contributed by atoms with Crippen LogP contribution < -0.4 is 5.32 Å². The molecule has 0 spiro atoms. The SMILES string of the molecule is CCN=C1C=C2Cc3cc(NCC)c(C)cc3C(c3ccc(C(C)=O)cc3C)C2C=C1C. The van der Waals surface area contributed by atoms with Crippen LogP contribution >= 0.6 is 0 Å². The van der Waals surface area contributed by atoms with Crippen molar-refractivity contribution in [2.75, 3.05) is 18.4 Å². The lowest BCUT2D eigenvalue weighted by Crippen LogP contribution is -2.27. The number of aliphatic imine (C=N–C) groups is 1. The Morgan fingerprint density at radius 1 is 1.06 bits per heavy atom. The molecule has 0 heterocycles. The predicted octanol–water partition coefficient (Wildman–Crippen LogP) is 6.59. The zero-order valence-corrected chi connectivity index (χ0v) is 20.2. The van der Waals surface area contributed by atoms with Crippen molar-refractivity contribution in [1.29, 1.82) is 0 Å². The molecule has 0 aromatic heterocycles. The van der Waals surface area contributed by atoms with Crippen LogP contribution in [0, 0.1) is 19.8 Å². The molecule has 3 heteroatoms. The van der Waals surface area contributed by atoms with Gasteiger partial charge in [-0.25, -0.2) is 0 Å². The van der Waals surface area contributed by atoms with Crippen LogP contribution in [-0.2, 0) is 6.42 Å². The van der Waals surface area contributed by atoms with Gasteiger partial charge in [-0.15, -0.1) is 0 Å². The van der Waals surface area contributed by atoms with Crippen LogP contribution in [0.1, 0.15) is 71.8 Å². The number of nitrogens with one attached hydrogen (secondary N) is 1. The first-order valence-electron chi connectivity index (χ1n) is 11.8. The van der Waals surface area contributed by atoms with Gasteiger partial charge in [0.05, 0.1) is 5.71 Å².